The Hall–Kier alpha value is 0.0500. The van der Waals surface area contributed by atoms with Crippen molar-refractivity contribution in [2.75, 3.05) is 14.2 Å². The summed E-state index contributed by atoms with van der Waals surface area (Å²) in [5.74, 6) is 0. The molecule has 0 heterocycles. The lowest BCUT2D eigenvalue weighted by Gasteiger charge is -2.15. The molecule has 1 aromatic rings. The van der Waals surface area contributed by atoms with Gasteiger partial charge in [0, 0.05) is 16.0 Å². The van der Waals surface area contributed by atoms with E-state index in [1.165, 1.54) is 20.2 Å². The summed E-state index contributed by atoms with van der Waals surface area (Å²) in [6.07, 6.45) is 0. The smallest absolute Gasteiger partial charge is 0.265 e. The Bertz CT molecular complexity index is 461. The number of hydroxylamine groups is 1. The van der Waals surface area contributed by atoms with Crippen molar-refractivity contribution in [3.05, 3.63) is 27.1 Å². The van der Waals surface area contributed by atoms with Gasteiger partial charge in [0.15, 0.2) is 0 Å². The maximum absolute atomic E-state index is 11.9. The fourth-order valence-corrected chi connectivity index (χ4v) is 3.60. The van der Waals surface area contributed by atoms with E-state index in [0.717, 1.165) is 8.94 Å². The third-order valence-electron chi connectivity index (χ3n) is 1.77. The lowest BCUT2D eigenvalue weighted by molar-refractivity contribution is -0.0259. The minimum atomic E-state index is -3.59. The Balaban J connectivity index is 3.28. The van der Waals surface area contributed by atoms with E-state index in [1.807, 2.05) is 0 Å². The second-order valence-electron chi connectivity index (χ2n) is 2.67. The summed E-state index contributed by atoms with van der Waals surface area (Å²) in [6.45, 7) is 0. The predicted molar refractivity (Wildman–Crippen MR) is 63.8 cm³/mol. The minimum absolute atomic E-state index is 0.162. The highest BCUT2D eigenvalue weighted by Crippen LogP contribution is 2.27. The normalized spacial score (nSPS) is 12.1. The average Bonchev–Trinajstić information content (AvgIpc) is 2.15. The van der Waals surface area contributed by atoms with Gasteiger partial charge in [-0.05, 0) is 34.1 Å². The van der Waals surface area contributed by atoms with Crippen LogP contribution in [0, 0.1) is 0 Å². The van der Waals surface area contributed by atoms with E-state index in [9.17, 15) is 8.42 Å². The molecule has 84 valence electrons. The van der Waals surface area contributed by atoms with Gasteiger partial charge in [-0.25, -0.2) is 8.42 Å². The third kappa shape index (κ3) is 2.79. The van der Waals surface area contributed by atoms with Gasteiger partial charge in [0.05, 0.1) is 12.0 Å². The number of sulfonamides is 1. The van der Waals surface area contributed by atoms with Crippen LogP contribution in [0.15, 0.2) is 32.0 Å². The third-order valence-corrected chi connectivity index (χ3v) is 4.92. The maximum atomic E-state index is 11.9. The average molecular weight is 359 g/mol. The molecule has 0 atom stereocenters. The molecule has 0 aliphatic carbocycles. The molecule has 0 aliphatic rings. The zero-order chi connectivity index (χ0) is 11.6. The van der Waals surface area contributed by atoms with Crippen LogP contribution >= 0.6 is 31.9 Å². The Morgan fingerprint density at radius 3 is 2.40 bits per heavy atom. The fourth-order valence-electron chi connectivity index (χ4n) is 0.921. The van der Waals surface area contributed by atoms with E-state index in [-0.39, 0.29) is 4.90 Å². The van der Waals surface area contributed by atoms with Crippen LogP contribution in [0.1, 0.15) is 0 Å². The quantitative estimate of drug-likeness (QED) is 0.779. The fraction of sp³-hybridized carbons (Fsp3) is 0.250. The van der Waals surface area contributed by atoms with Gasteiger partial charge in [-0.15, -0.1) is 0 Å². The number of benzene rings is 1. The predicted octanol–water partition coefficient (Wildman–Crippen LogP) is 2.39. The van der Waals surface area contributed by atoms with Crippen molar-refractivity contribution in [2.45, 2.75) is 4.90 Å². The molecular formula is C8H9Br2NO3S. The number of rotatable bonds is 3. The highest BCUT2D eigenvalue weighted by Gasteiger charge is 2.23. The number of nitrogens with zero attached hydrogens (tertiary/aromatic N) is 1. The van der Waals surface area contributed by atoms with Gasteiger partial charge in [0.25, 0.3) is 10.0 Å². The molecular weight excluding hydrogens is 350 g/mol. The number of hydrogen-bond acceptors (Lipinski definition) is 3. The van der Waals surface area contributed by atoms with Gasteiger partial charge in [0.1, 0.15) is 0 Å². The Kier molecular flexibility index (Phi) is 4.30. The first kappa shape index (κ1) is 13.1. The Morgan fingerprint density at radius 1 is 1.33 bits per heavy atom. The highest BCUT2D eigenvalue weighted by molar-refractivity contribution is 9.11. The zero-order valence-corrected chi connectivity index (χ0v) is 12.1. The molecule has 0 saturated heterocycles. The van der Waals surface area contributed by atoms with Crippen molar-refractivity contribution >= 4 is 41.9 Å². The van der Waals surface area contributed by atoms with Gasteiger partial charge in [0.2, 0.25) is 0 Å². The molecule has 0 unspecified atom stereocenters. The van der Waals surface area contributed by atoms with E-state index in [1.54, 1.807) is 12.1 Å². The summed E-state index contributed by atoms with van der Waals surface area (Å²) in [4.78, 5) is 4.83. The van der Waals surface area contributed by atoms with Gasteiger partial charge in [-0.2, -0.15) is 0 Å². The van der Waals surface area contributed by atoms with Crippen LogP contribution in [0.25, 0.3) is 0 Å². The maximum Gasteiger partial charge on any atom is 0.265 e. The molecule has 15 heavy (non-hydrogen) atoms. The van der Waals surface area contributed by atoms with Crippen LogP contribution < -0.4 is 0 Å². The first-order valence-corrected chi connectivity index (χ1v) is 6.90. The van der Waals surface area contributed by atoms with E-state index in [0.29, 0.717) is 4.47 Å². The molecule has 7 heteroatoms. The van der Waals surface area contributed by atoms with Gasteiger partial charge < -0.3 is 0 Å². The summed E-state index contributed by atoms with van der Waals surface area (Å²) in [5.41, 5.74) is 0. The second-order valence-corrected chi connectivity index (χ2v) is 6.35. The molecule has 1 rings (SSSR count). The molecule has 0 bridgehead atoms. The van der Waals surface area contributed by atoms with Crippen molar-refractivity contribution < 1.29 is 13.3 Å². The minimum Gasteiger partial charge on any atom is -0.288 e. The molecule has 0 saturated carbocycles. The molecule has 0 aromatic heterocycles. The standard InChI is InChI=1S/C8H9Br2NO3S/c1-11(14-2)15(12,13)8-4-3-6(9)5-7(8)10/h3-5H,1-2H3. The number of halogens is 2. The molecule has 0 N–H and O–H groups in total. The Morgan fingerprint density at radius 2 is 1.93 bits per heavy atom. The van der Waals surface area contributed by atoms with E-state index >= 15 is 0 Å². The van der Waals surface area contributed by atoms with Crippen LogP contribution in [-0.2, 0) is 14.9 Å². The molecule has 0 aliphatic heterocycles. The lowest BCUT2D eigenvalue weighted by Crippen LogP contribution is -2.26. The topological polar surface area (TPSA) is 46.6 Å². The summed E-state index contributed by atoms with van der Waals surface area (Å²) < 4.78 is 25.8. The van der Waals surface area contributed by atoms with Crippen LogP contribution in [0.2, 0.25) is 0 Å². The highest BCUT2D eigenvalue weighted by atomic mass is 79.9. The summed E-state index contributed by atoms with van der Waals surface area (Å²) in [5, 5.41) is 0. The summed E-state index contributed by atoms with van der Waals surface area (Å²) >= 11 is 6.44. The van der Waals surface area contributed by atoms with Crippen molar-refractivity contribution in [3.63, 3.8) is 0 Å². The molecule has 0 fully saturated rings. The first-order chi connectivity index (χ1) is 6.89. The van der Waals surface area contributed by atoms with Crippen molar-refractivity contribution in [1.29, 1.82) is 0 Å². The van der Waals surface area contributed by atoms with Gasteiger partial charge >= 0.3 is 0 Å². The molecule has 0 amide bonds. The van der Waals surface area contributed by atoms with Crippen LogP contribution in [0.4, 0.5) is 0 Å². The van der Waals surface area contributed by atoms with E-state index in [2.05, 4.69) is 36.7 Å². The van der Waals surface area contributed by atoms with Gasteiger partial charge in [-0.1, -0.05) is 20.4 Å². The molecule has 1 aromatic carbocycles. The Labute approximate surface area is 105 Å². The molecule has 0 spiro atoms. The van der Waals surface area contributed by atoms with Crippen LogP contribution in [-0.4, -0.2) is 27.0 Å². The number of hydrogen-bond donors (Lipinski definition) is 0. The van der Waals surface area contributed by atoms with Crippen LogP contribution in [0.5, 0.6) is 0 Å². The SMILES string of the molecule is CON(C)S(=O)(=O)c1ccc(Br)cc1Br. The largest absolute Gasteiger partial charge is 0.288 e. The van der Waals surface area contributed by atoms with E-state index in [4.69, 9.17) is 0 Å². The summed E-state index contributed by atoms with van der Waals surface area (Å²) in [6, 6.07) is 4.82. The van der Waals surface area contributed by atoms with E-state index < -0.39 is 10.0 Å². The van der Waals surface area contributed by atoms with Crippen LogP contribution in [0.3, 0.4) is 0 Å². The van der Waals surface area contributed by atoms with Gasteiger partial charge in [-0.3, -0.25) is 4.84 Å². The lowest BCUT2D eigenvalue weighted by atomic mass is 10.4. The zero-order valence-electron chi connectivity index (χ0n) is 8.07. The van der Waals surface area contributed by atoms with Crippen molar-refractivity contribution in [3.8, 4) is 0 Å². The molecule has 0 radical (unpaired) electrons. The van der Waals surface area contributed by atoms with Crippen molar-refractivity contribution in [1.82, 2.24) is 4.47 Å². The van der Waals surface area contributed by atoms with Crippen molar-refractivity contribution in [2.24, 2.45) is 0 Å². The molecule has 4 nitrogen and oxygen atoms in total. The summed E-state index contributed by atoms with van der Waals surface area (Å²) in [7, 11) is -0.960. The monoisotopic (exact) mass is 357 g/mol. The first-order valence-electron chi connectivity index (χ1n) is 3.87. The second kappa shape index (κ2) is 4.92.